The minimum atomic E-state index is -0.306. The molecule has 5 heteroatoms. The van der Waals surface area contributed by atoms with Gasteiger partial charge in [-0.2, -0.15) is 0 Å². The van der Waals surface area contributed by atoms with E-state index in [0.29, 0.717) is 6.54 Å². The molecule has 1 atom stereocenters. The first-order valence-electron chi connectivity index (χ1n) is 8.60. The summed E-state index contributed by atoms with van der Waals surface area (Å²) in [6.07, 6.45) is 0.863. The number of benzene rings is 2. The summed E-state index contributed by atoms with van der Waals surface area (Å²) in [5.74, 6) is 1.55. The Morgan fingerprint density at radius 2 is 1.73 bits per heavy atom. The molecule has 4 nitrogen and oxygen atoms in total. The Bertz CT molecular complexity index is 802. The van der Waals surface area contributed by atoms with Gasteiger partial charge in [-0.25, -0.2) is 0 Å². The van der Waals surface area contributed by atoms with Crippen molar-refractivity contribution in [3.05, 3.63) is 77.0 Å². The van der Waals surface area contributed by atoms with Crippen LogP contribution in [0.3, 0.4) is 0 Å². The number of anilines is 1. The zero-order chi connectivity index (χ0) is 18.2. The molecule has 2 aromatic carbocycles. The summed E-state index contributed by atoms with van der Waals surface area (Å²) in [5.41, 5.74) is 0.881. The van der Waals surface area contributed by atoms with Crippen LogP contribution in [0.5, 0.6) is 11.5 Å². The van der Waals surface area contributed by atoms with Gasteiger partial charge in [0.2, 0.25) is 5.91 Å². The topological polar surface area (TPSA) is 50.4 Å². The number of carbonyl (C=O) groups is 1. The number of para-hydroxylation sites is 1. The predicted molar refractivity (Wildman–Crippen MR) is 107 cm³/mol. The molecule has 1 unspecified atom stereocenters. The fraction of sp³-hybridized carbons (Fsp3) is 0.190. The molecule has 0 radical (unpaired) electrons. The quantitative estimate of drug-likeness (QED) is 0.607. The minimum absolute atomic E-state index is 0.00818. The third kappa shape index (κ3) is 5.36. The van der Waals surface area contributed by atoms with Crippen LogP contribution in [-0.4, -0.2) is 18.5 Å². The maximum atomic E-state index is 12.2. The summed E-state index contributed by atoms with van der Waals surface area (Å²) >= 11 is 1.71. The van der Waals surface area contributed by atoms with Crippen LogP contribution in [0.15, 0.2) is 72.1 Å². The molecule has 0 aliphatic rings. The van der Waals surface area contributed by atoms with Crippen molar-refractivity contribution in [3.8, 4) is 11.5 Å². The zero-order valence-corrected chi connectivity index (χ0v) is 15.5. The van der Waals surface area contributed by atoms with E-state index in [0.717, 1.165) is 23.6 Å². The molecular weight excluding hydrogens is 344 g/mol. The lowest BCUT2D eigenvalue weighted by molar-refractivity contribution is -0.121. The number of thiophene rings is 1. The average Bonchev–Trinajstić information content (AvgIpc) is 3.17. The molecule has 0 saturated heterocycles. The molecule has 134 valence electrons. The van der Waals surface area contributed by atoms with Crippen LogP contribution >= 0.6 is 11.3 Å². The van der Waals surface area contributed by atoms with E-state index in [1.807, 2.05) is 73.0 Å². The summed E-state index contributed by atoms with van der Waals surface area (Å²) in [4.78, 5) is 13.5. The van der Waals surface area contributed by atoms with E-state index in [9.17, 15) is 4.79 Å². The second-order valence-electron chi connectivity index (χ2n) is 5.93. The van der Waals surface area contributed by atoms with Crippen LogP contribution in [0.4, 0.5) is 5.69 Å². The highest BCUT2D eigenvalue weighted by atomic mass is 32.1. The van der Waals surface area contributed by atoms with E-state index in [1.54, 1.807) is 11.3 Å². The molecular formula is C21H22N2O2S. The van der Waals surface area contributed by atoms with E-state index in [-0.39, 0.29) is 11.9 Å². The van der Waals surface area contributed by atoms with Gasteiger partial charge < -0.3 is 15.4 Å². The number of nitrogens with one attached hydrogen (secondary N) is 2. The van der Waals surface area contributed by atoms with E-state index in [2.05, 4.69) is 16.7 Å². The van der Waals surface area contributed by atoms with Gasteiger partial charge in [0, 0.05) is 17.1 Å². The molecule has 3 aromatic rings. The molecule has 0 spiro atoms. The monoisotopic (exact) mass is 366 g/mol. The van der Waals surface area contributed by atoms with E-state index >= 15 is 0 Å². The number of rotatable bonds is 8. The van der Waals surface area contributed by atoms with E-state index in [4.69, 9.17) is 4.74 Å². The second kappa shape index (κ2) is 9.06. The summed E-state index contributed by atoms with van der Waals surface area (Å²) in [5, 5.41) is 8.23. The van der Waals surface area contributed by atoms with Crippen molar-refractivity contribution >= 4 is 22.9 Å². The number of hydrogen-bond acceptors (Lipinski definition) is 4. The zero-order valence-electron chi connectivity index (χ0n) is 14.6. The molecule has 1 heterocycles. The normalized spacial score (nSPS) is 11.6. The number of amides is 1. The van der Waals surface area contributed by atoms with Crippen LogP contribution in [-0.2, 0) is 11.2 Å². The maximum Gasteiger partial charge on any atom is 0.242 e. The predicted octanol–water partition coefficient (Wildman–Crippen LogP) is 4.70. The van der Waals surface area contributed by atoms with Crippen LogP contribution in [0.25, 0.3) is 0 Å². The van der Waals surface area contributed by atoms with Gasteiger partial charge in [-0.1, -0.05) is 24.3 Å². The Labute approximate surface area is 157 Å². The molecule has 0 saturated carbocycles. The van der Waals surface area contributed by atoms with Crippen molar-refractivity contribution in [3.63, 3.8) is 0 Å². The molecule has 0 aliphatic carbocycles. The highest BCUT2D eigenvalue weighted by Crippen LogP contribution is 2.22. The van der Waals surface area contributed by atoms with Crippen LogP contribution in [0, 0.1) is 0 Å². The lowest BCUT2D eigenvalue weighted by atomic mass is 10.2. The van der Waals surface area contributed by atoms with Gasteiger partial charge in [-0.05, 0) is 61.2 Å². The molecule has 26 heavy (non-hydrogen) atoms. The molecule has 0 fully saturated rings. The minimum Gasteiger partial charge on any atom is -0.457 e. The number of ether oxygens (including phenoxy) is 1. The number of hydrogen-bond donors (Lipinski definition) is 2. The molecule has 0 bridgehead atoms. The Kier molecular flexibility index (Phi) is 6.28. The fourth-order valence-electron chi connectivity index (χ4n) is 2.48. The van der Waals surface area contributed by atoms with Crippen molar-refractivity contribution in [2.45, 2.75) is 19.4 Å². The van der Waals surface area contributed by atoms with Gasteiger partial charge >= 0.3 is 0 Å². The second-order valence-corrected chi connectivity index (χ2v) is 6.96. The smallest absolute Gasteiger partial charge is 0.242 e. The maximum absolute atomic E-state index is 12.2. The average molecular weight is 366 g/mol. The largest absolute Gasteiger partial charge is 0.457 e. The highest BCUT2D eigenvalue weighted by molar-refractivity contribution is 7.09. The first kappa shape index (κ1) is 18.0. The summed E-state index contributed by atoms with van der Waals surface area (Å²) in [7, 11) is 0. The van der Waals surface area contributed by atoms with Crippen molar-refractivity contribution in [1.29, 1.82) is 0 Å². The van der Waals surface area contributed by atoms with Gasteiger partial charge in [0.15, 0.2) is 0 Å². The number of carbonyl (C=O) groups excluding carboxylic acids is 1. The molecule has 3 rings (SSSR count). The third-order valence-corrected chi connectivity index (χ3v) is 4.80. The van der Waals surface area contributed by atoms with Gasteiger partial charge in [-0.15, -0.1) is 11.3 Å². The SMILES string of the molecule is CC(Nc1ccc(Oc2ccccc2)cc1)C(=O)NCCc1cccs1. The molecule has 0 aliphatic heterocycles. The Morgan fingerprint density at radius 3 is 2.42 bits per heavy atom. The first-order chi connectivity index (χ1) is 12.7. The lowest BCUT2D eigenvalue weighted by Crippen LogP contribution is -2.38. The Morgan fingerprint density at radius 1 is 1.00 bits per heavy atom. The molecule has 1 aromatic heterocycles. The Hall–Kier alpha value is -2.79. The highest BCUT2D eigenvalue weighted by Gasteiger charge is 2.12. The Balaban J connectivity index is 1.46. The molecule has 2 N–H and O–H groups in total. The summed E-state index contributed by atoms with van der Waals surface area (Å²) in [6, 6.07) is 21.0. The third-order valence-electron chi connectivity index (χ3n) is 3.86. The van der Waals surface area contributed by atoms with Gasteiger partial charge in [0.05, 0.1) is 0 Å². The van der Waals surface area contributed by atoms with Crippen molar-refractivity contribution in [2.24, 2.45) is 0 Å². The van der Waals surface area contributed by atoms with Crippen LogP contribution < -0.4 is 15.4 Å². The van der Waals surface area contributed by atoms with Gasteiger partial charge in [0.25, 0.3) is 0 Å². The molecule has 1 amide bonds. The van der Waals surface area contributed by atoms with Crippen molar-refractivity contribution < 1.29 is 9.53 Å². The van der Waals surface area contributed by atoms with Crippen LogP contribution in [0.2, 0.25) is 0 Å². The van der Waals surface area contributed by atoms with Gasteiger partial charge in [0.1, 0.15) is 17.5 Å². The summed E-state index contributed by atoms with van der Waals surface area (Å²) < 4.78 is 5.77. The summed E-state index contributed by atoms with van der Waals surface area (Å²) in [6.45, 7) is 2.50. The fourth-order valence-corrected chi connectivity index (χ4v) is 3.19. The lowest BCUT2D eigenvalue weighted by Gasteiger charge is -2.15. The van der Waals surface area contributed by atoms with Crippen LogP contribution in [0.1, 0.15) is 11.8 Å². The van der Waals surface area contributed by atoms with E-state index < -0.39 is 0 Å². The first-order valence-corrected chi connectivity index (χ1v) is 9.48. The standard InChI is InChI=1S/C21H22N2O2S/c1-16(21(24)22-14-13-20-8-5-15-26-20)23-17-9-11-19(12-10-17)25-18-6-3-2-4-7-18/h2-12,15-16,23H,13-14H2,1H3,(H,22,24). The van der Waals surface area contributed by atoms with E-state index in [1.165, 1.54) is 4.88 Å². The van der Waals surface area contributed by atoms with Crippen molar-refractivity contribution in [1.82, 2.24) is 5.32 Å². The van der Waals surface area contributed by atoms with Crippen molar-refractivity contribution in [2.75, 3.05) is 11.9 Å². The van der Waals surface area contributed by atoms with Gasteiger partial charge in [-0.3, -0.25) is 4.79 Å².